The lowest BCUT2D eigenvalue weighted by Gasteiger charge is -2.30. The van der Waals surface area contributed by atoms with Crippen molar-refractivity contribution in [2.45, 2.75) is 50.4 Å². The zero-order valence-corrected chi connectivity index (χ0v) is 31.2. The van der Waals surface area contributed by atoms with E-state index in [0.29, 0.717) is 23.4 Å². The van der Waals surface area contributed by atoms with Gasteiger partial charge >= 0.3 is 6.01 Å². The van der Waals surface area contributed by atoms with Crippen molar-refractivity contribution in [3.8, 4) is 29.0 Å². The molecular weight excluding hydrogens is 730 g/mol. The number of rotatable bonds is 6. The van der Waals surface area contributed by atoms with E-state index in [2.05, 4.69) is 19.9 Å². The van der Waals surface area contributed by atoms with Crippen molar-refractivity contribution >= 4 is 71.4 Å². The second-order valence-corrected chi connectivity index (χ2v) is 16.3. The van der Waals surface area contributed by atoms with Crippen molar-refractivity contribution in [2.75, 3.05) is 55.5 Å². The van der Waals surface area contributed by atoms with Crippen LogP contribution in [0.1, 0.15) is 50.3 Å². The molecule has 4 atom stereocenters. The Kier molecular flexibility index (Phi) is 10.1. The fourth-order valence-electron chi connectivity index (χ4n) is 7.56. The van der Waals surface area contributed by atoms with E-state index in [1.54, 1.807) is 12.3 Å². The number of nitriles is 1. The molecule has 0 bridgehead atoms. The third-order valence-electron chi connectivity index (χ3n) is 10.1. The van der Waals surface area contributed by atoms with Crippen LogP contribution in [0.25, 0.3) is 32.1 Å². The smallest absolute Gasteiger partial charge is 0.318 e. The van der Waals surface area contributed by atoms with Crippen LogP contribution in [-0.2, 0) is 10.8 Å². The number of ether oxygens (including phenoxy) is 2. The minimum absolute atomic E-state index is 0.0341. The van der Waals surface area contributed by atoms with Crippen molar-refractivity contribution in [1.29, 1.82) is 5.26 Å². The molecule has 2 aromatic carbocycles. The van der Waals surface area contributed by atoms with Gasteiger partial charge in [0.1, 0.15) is 40.6 Å². The highest BCUT2D eigenvalue weighted by molar-refractivity contribution is 7.85. The first-order valence-corrected chi connectivity index (χ1v) is 19.5. The topological polar surface area (TPSA) is 157 Å². The van der Waals surface area contributed by atoms with Crippen molar-refractivity contribution < 1.29 is 22.5 Å². The van der Waals surface area contributed by atoms with E-state index in [1.807, 2.05) is 30.9 Å². The summed E-state index contributed by atoms with van der Waals surface area (Å²) < 4.78 is 54.5. The average Bonchev–Trinajstić information content (AvgIpc) is 3.82. The largest absolute Gasteiger partial charge is 0.489 e. The van der Waals surface area contributed by atoms with Gasteiger partial charge in [-0.1, -0.05) is 30.7 Å². The maximum Gasteiger partial charge on any atom is 0.318 e. The van der Waals surface area contributed by atoms with E-state index in [9.17, 15) is 13.9 Å². The highest BCUT2D eigenvalue weighted by Gasteiger charge is 2.37. The van der Waals surface area contributed by atoms with Gasteiger partial charge in [0.05, 0.1) is 40.4 Å². The molecule has 0 saturated carbocycles. The maximum atomic E-state index is 16.6. The predicted molar refractivity (Wildman–Crippen MR) is 203 cm³/mol. The summed E-state index contributed by atoms with van der Waals surface area (Å²) in [5, 5.41) is 10.7. The Hall–Kier alpha value is -4.36. The van der Waals surface area contributed by atoms with Gasteiger partial charge in [-0.2, -0.15) is 15.2 Å². The van der Waals surface area contributed by atoms with E-state index in [1.165, 1.54) is 45.0 Å². The molecule has 52 heavy (non-hydrogen) atoms. The second kappa shape index (κ2) is 14.6. The van der Waals surface area contributed by atoms with E-state index in [-0.39, 0.29) is 72.1 Å². The van der Waals surface area contributed by atoms with Crippen molar-refractivity contribution in [3.63, 3.8) is 0 Å². The van der Waals surface area contributed by atoms with Crippen LogP contribution in [0.4, 0.5) is 25.4 Å². The number of benzene rings is 2. The molecule has 4 N–H and O–H groups in total. The first-order chi connectivity index (χ1) is 25.1. The van der Waals surface area contributed by atoms with Crippen LogP contribution in [0.3, 0.4) is 0 Å². The fraction of sp³-hybridized carbons (Fsp3) is 0.389. The lowest BCUT2D eigenvalue weighted by molar-refractivity contribution is 0.325. The summed E-state index contributed by atoms with van der Waals surface area (Å²) in [5.74, 6) is 0.268. The Morgan fingerprint density at radius 1 is 1.23 bits per heavy atom. The Labute approximate surface area is 310 Å². The first kappa shape index (κ1) is 36.0. The Morgan fingerprint density at radius 3 is 2.75 bits per heavy atom. The van der Waals surface area contributed by atoms with Crippen molar-refractivity contribution in [1.82, 2.24) is 19.9 Å². The van der Waals surface area contributed by atoms with E-state index in [0.717, 1.165) is 35.2 Å². The first-order valence-electron chi connectivity index (χ1n) is 17.0. The van der Waals surface area contributed by atoms with Crippen molar-refractivity contribution in [2.24, 2.45) is 0 Å². The molecule has 3 unspecified atom stereocenters. The van der Waals surface area contributed by atoms with Gasteiger partial charge in [-0.05, 0) is 50.4 Å². The minimum Gasteiger partial charge on any atom is -0.489 e. The molecule has 272 valence electrons. The van der Waals surface area contributed by atoms with Crippen LogP contribution in [-0.4, -0.2) is 74.5 Å². The third-order valence-corrected chi connectivity index (χ3v) is 13.1. The molecule has 0 aliphatic carbocycles. The number of thiophene rings is 1. The molecule has 0 amide bonds. The number of pyridine rings is 1. The van der Waals surface area contributed by atoms with Crippen LogP contribution < -0.4 is 25.8 Å². The summed E-state index contributed by atoms with van der Waals surface area (Å²) in [6.45, 7) is 6.81. The number of methoxy groups -OCH3 is 1. The molecule has 2 saturated heterocycles. The number of nitrogens with two attached hydrogens (primary N) is 2. The second-order valence-electron chi connectivity index (χ2n) is 12.9. The number of anilines is 3. The van der Waals surface area contributed by atoms with E-state index < -0.39 is 22.4 Å². The zero-order valence-electron chi connectivity index (χ0n) is 28.8. The molecule has 16 heteroatoms. The predicted octanol–water partition coefficient (Wildman–Crippen LogP) is 6.83. The van der Waals surface area contributed by atoms with E-state index >= 15 is 4.39 Å². The number of halogens is 3. The summed E-state index contributed by atoms with van der Waals surface area (Å²) >= 11 is 7.79. The highest BCUT2D eigenvalue weighted by Crippen LogP contribution is 2.51. The molecule has 3 aliphatic rings. The number of hydrogen-bond donors (Lipinski definition) is 2. The minimum atomic E-state index is -0.814. The third kappa shape index (κ3) is 6.15. The van der Waals surface area contributed by atoms with Crippen LogP contribution in [0.2, 0.25) is 5.02 Å². The van der Waals surface area contributed by atoms with Gasteiger partial charge in [0.25, 0.3) is 0 Å². The standard InChI is InChI=1S/C27H20ClF2N7O2S.C9H17NOS/c1-11(12-4-3-7-34-24(12)32)37-8-9-39-22-18-21(35-27(38-2)36-26(18)37)20(30)17(19(22)28)13-5-6-15(29)23-16(13)14(10-31)25(33)40-23;1-2-12(11)9-6-8-4-3-5-10(8)7-9/h3-7,11H,8-9,33H2,1-2H3,(H2,32,34);8-9H,2-7H2,1H3/t11-;/m1./s1. The summed E-state index contributed by atoms with van der Waals surface area (Å²) in [4.78, 5) is 17.5. The summed E-state index contributed by atoms with van der Waals surface area (Å²) in [5.41, 5.74) is 12.9. The molecule has 0 spiro atoms. The lowest BCUT2D eigenvalue weighted by Crippen LogP contribution is -2.31. The number of fused-ring (bicyclic) bond motifs is 2. The van der Waals surface area contributed by atoms with Gasteiger partial charge in [-0.3, -0.25) is 9.11 Å². The maximum absolute atomic E-state index is 16.6. The molecule has 0 radical (unpaired) electrons. The van der Waals surface area contributed by atoms with Crippen LogP contribution >= 0.6 is 22.9 Å². The normalized spacial score (nSPS) is 19.4. The van der Waals surface area contributed by atoms with Crippen LogP contribution in [0, 0.1) is 23.0 Å². The molecule has 11 nitrogen and oxygen atoms in total. The fourth-order valence-corrected chi connectivity index (χ4v) is 10.1. The van der Waals surface area contributed by atoms with Gasteiger partial charge in [0.2, 0.25) is 0 Å². The summed E-state index contributed by atoms with van der Waals surface area (Å²) in [6.07, 6.45) is 5.49. The number of aromatic nitrogens is 3. The quantitative estimate of drug-likeness (QED) is 0.187. The van der Waals surface area contributed by atoms with Gasteiger partial charge in [0.15, 0.2) is 11.6 Å². The molecule has 3 aromatic heterocycles. The Bertz CT molecular complexity index is 2260. The molecule has 6 heterocycles. The Morgan fingerprint density at radius 2 is 2.04 bits per heavy atom. The zero-order chi connectivity index (χ0) is 36.8. The van der Waals surface area contributed by atoms with Gasteiger partial charge in [-0.25, -0.2) is 13.8 Å². The van der Waals surface area contributed by atoms with Gasteiger partial charge in [-0.15, -0.1) is 11.3 Å². The SMILES string of the molecule is CCS(=O)C1CC2CCCN2C1.COc1nc2c3c(c(Cl)c(-c4ccc(F)c5sc(N)c(C#N)c45)c(F)c3n1)OCCN2[C@H](C)c1cccnc1N. The number of nitrogen functional groups attached to an aromatic ring is 2. The van der Waals surface area contributed by atoms with Gasteiger partial charge < -0.3 is 25.8 Å². The monoisotopic (exact) mass is 766 g/mol. The Balaban J connectivity index is 0.000000295. The number of nitrogens with zero attached hydrogens (tertiary/aromatic N) is 6. The molecule has 3 aliphatic heterocycles. The molecular formula is C36H37ClF2N8O3S2. The summed E-state index contributed by atoms with van der Waals surface area (Å²) in [7, 11) is 0.822. The molecule has 8 rings (SSSR count). The number of hydrogen-bond acceptors (Lipinski definition) is 12. The summed E-state index contributed by atoms with van der Waals surface area (Å²) in [6, 6.07) is 8.54. The lowest BCUT2D eigenvalue weighted by atomic mass is 9.96. The highest BCUT2D eigenvalue weighted by atomic mass is 35.5. The van der Waals surface area contributed by atoms with Gasteiger partial charge in [0, 0.05) is 57.1 Å². The van der Waals surface area contributed by atoms with Crippen molar-refractivity contribution in [3.05, 3.63) is 58.2 Å². The average molecular weight is 767 g/mol. The van der Waals surface area contributed by atoms with Crippen LogP contribution in [0.5, 0.6) is 11.8 Å². The van der Waals surface area contributed by atoms with E-state index in [4.69, 9.17) is 32.5 Å². The molecule has 5 aromatic rings. The van der Waals surface area contributed by atoms with Crippen LogP contribution in [0.15, 0.2) is 30.5 Å². The molecule has 2 fully saturated rings.